The molecule has 6 rings (SSSR count). The molecule has 0 radical (unpaired) electrons. The lowest BCUT2D eigenvalue weighted by molar-refractivity contribution is -0.0630. The summed E-state index contributed by atoms with van der Waals surface area (Å²) in [5, 5.41) is 4.38. The van der Waals surface area contributed by atoms with E-state index in [0.29, 0.717) is 11.2 Å². The molecule has 1 amide bonds. The quantitative estimate of drug-likeness (QED) is 0.862. The number of amides is 1. The van der Waals surface area contributed by atoms with Crippen molar-refractivity contribution in [3.05, 3.63) is 23.8 Å². The number of aryl methyl sites for hydroxylation is 1. The predicted octanol–water partition coefficient (Wildman–Crippen LogP) is 2.72. The van der Waals surface area contributed by atoms with Gasteiger partial charge in [-0.25, -0.2) is 9.50 Å². The Bertz CT molecular complexity index is 806. The average Bonchev–Trinajstić information content (AvgIpc) is 2.98. The van der Waals surface area contributed by atoms with Gasteiger partial charge in [0.1, 0.15) is 0 Å². The summed E-state index contributed by atoms with van der Waals surface area (Å²) in [4.78, 5) is 23.3. The first-order valence-corrected chi connectivity index (χ1v) is 9.45. The van der Waals surface area contributed by atoms with Gasteiger partial charge in [0.25, 0.3) is 11.7 Å². The predicted molar refractivity (Wildman–Crippen MR) is 93.1 cm³/mol. The van der Waals surface area contributed by atoms with Crippen molar-refractivity contribution in [1.29, 1.82) is 0 Å². The third kappa shape index (κ3) is 2.45. The molecule has 0 N–H and O–H groups in total. The van der Waals surface area contributed by atoms with E-state index in [1.165, 1.54) is 38.5 Å². The van der Waals surface area contributed by atoms with Crippen molar-refractivity contribution in [2.24, 2.45) is 23.2 Å². The van der Waals surface area contributed by atoms with Crippen molar-refractivity contribution >= 4 is 11.7 Å². The second-order valence-electron chi connectivity index (χ2n) is 8.81. The summed E-state index contributed by atoms with van der Waals surface area (Å²) in [6, 6.07) is 1.87. The van der Waals surface area contributed by atoms with Crippen LogP contribution in [0, 0.1) is 30.1 Å². The number of fused-ring (bicyclic) bond motifs is 1. The highest BCUT2D eigenvalue weighted by Gasteiger charge is 2.51. The van der Waals surface area contributed by atoms with Gasteiger partial charge in [-0.05, 0) is 74.7 Å². The highest BCUT2D eigenvalue weighted by molar-refractivity contribution is 5.90. The summed E-state index contributed by atoms with van der Waals surface area (Å²) in [6.07, 6.45) is 9.88. The lowest BCUT2D eigenvalue weighted by Gasteiger charge is -2.57. The molecule has 132 valence electrons. The molecule has 2 aromatic rings. The van der Waals surface area contributed by atoms with Crippen molar-refractivity contribution in [3.63, 3.8) is 0 Å². The van der Waals surface area contributed by atoms with E-state index in [-0.39, 0.29) is 11.7 Å². The molecule has 4 saturated carbocycles. The fraction of sp³-hybridized carbons (Fsp3) is 0.684. The minimum atomic E-state index is -0.0827. The van der Waals surface area contributed by atoms with Gasteiger partial charge < -0.3 is 4.90 Å². The zero-order valence-corrected chi connectivity index (χ0v) is 15.0. The zero-order chi connectivity index (χ0) is 17.2. The molecule has 2 aromatic heterocycles. The summed E-state index contributed by atoms with van der Waals surface area (Å²) < 4.78 is 1.64. The third-order valence-electron chi connectivity index (χ3n) is 6.71. The molecular weight excluding hydrogens is 314 g/mol. The number of carbonyl (C=O) groups is 1. The topological polar surface area (TPSA) is 63.4 Å². The van der Waals surface area contributed by atoms with Crippen LogP contribution in [0.2, 0.25) is 0 Å². The van der Waals surface area contributed by atoms with Crippen LogP contribution in [0.5, 0.6) is 0 Å². The van der Waals surface area contributed by atoms with Crippen LogP contribution < -0.4 is 0 Å². The fourth-order valence-corrected chi connectivity index (χ4v) is 6.23. The molecular formula is C19H25N5O. The van der Waals surface area contributed by atoms with Crippen LogP contribution >= 0.6 is 0 Å². The van der Waals surface area contributed by atoms with Crippen LogP contribution in [0.25, 0.3) is 5.78 Å². The van der Waals surface area contributed by atoms with Crippen LogP contribution in [0.4, 0.5) is 0 Å². The van der Waals surface area contributed by atoms with Gasteiger partial charge in [-0.3, -0.25) is 4.79 Å². The van der Waals surface area contributed by atoms with E-state index in [2.05, 4.69) is 15.1 Å². The average molecular weight is 339 g/mol. The van der Waals surface area contributed by atoms with E-state index >= 15 is 0 Å². The molecule has 4 aliphatic rings. The molecule has 4 bridgehead atoms. The van der Waals surface area contributed by atoms with Crippen molar-refractivity contribution in [2.45, 2.75) is 45.4 Å². The third-order valence-corrected chi connectivity index (χ3v) is 6.71. The Balaban J connectivity index is 1.37. The maximum atomic E-state index is 12.9. The van der Waals surface area contributed by atoms with Gasteiger partial charge in [0.15, 0.2) is 0 Å². The molecule has 0 spiro atoms. The Kier molecular flexibility index (Phi) is 3.21. The van der Waals surface area contributed by atoms with Crippen LogP contribution in [-0.2, 0) is 0 Å². The van der Waals surface area contributed by atoms with Gasteiger partial charge in [-0.15, -0.1) is 5.10 Å². The number of hydrogen-bond acceptors (Lipinski definition) is 4. The van der Waals surface area contributed by atoms with Crippen LogP contribution in [0.1, 0.15) is 54.8 Å². The maximum Gasteiger partial charge on any atom is 0.293 e. The molecule has 0 unspecified atom stereocenters. The molecule has 6 heteroatoms. The molecule has 25 heavy (non-hydrogen) atoms. The number of aromatic nitrogens is 4. The van der Waals surface area contributed by atoms with Crippen molar-refractivity contribution < 1.29 is 4.79 Å². The smallest absolute Gasteiger partial charge is 0.293 e. The summed E-state index contributed by atoms with van der Waals surface area (Å²) in [7, 11) is 1.91. The Labute approximate surface area is 147 Å². The van der Waals surface area contributed by atoms with Gasteiger partial charge in [-0.2, -0.15) is 4.98 Å². The van der Waals surface area contributed by atoms with Gasteiger partial charge in [0.2, 0.25) is 5.82 Å². The highest BCUT2D eigenvalue weighted by atomic mass is 16.2. The van der Waals surface area contributed by atoms with Crippen LogP contribution in [0.15, 0.2) is 12.3 Å². The van der Waals surface area contributed by atoms with Gasteiger partial charge in [-0.1, -0.05) is 0 Å². The fourth-order valence-electron chi connectivity index (χ4n) is 6.23. The van der Waals surface area contributed by atoms with Crippen molar-refractivity contribution in [3.8, 4) is 0 Å². The van der Waals surface area contributed by atoms with Gasteiger partial charge in [0.05, 0.1) is 0 Å². The number of hydrogen-bond donors (Lipinski definition) is 0. The summed E-state index contributed by atoms with van der Waals surface area (Å²) >= 11 is 0. The largest absolute Gasteiger partial charge is 0.338 e. The minimum absolute atomic E-state index is 0.0827. The maximum absolute atomic E-state index is 12.9. The van der Waals surface area contributed by atoms with E-state index in [4.69, 9.17) is 0 Å². The van der Waals surface area contributed by atoms with E-state index in [0.717, 1.165) is 30.0 Å². The number of carbonyl (C=O) groups excluding carboxylic acids is 1. The Morgan fingerprint density at radius 1 is 1.24 bits per heavy atom. The van der Waals surface area contributed by atoms with Crippen molar-refractivity contribution in [2.75, 3.05) is 13.6 Å². The highest BCUT2D eigenvalue weighted by Crippen LogP contribution is 2.60. The van der Waals surface area contributed by atoms with E-state index in [1.54, 1.807) is 10.7 Å². The molecule has 6 nitrogen and oxygen atoms in total. The van der Waals surface area contributed by atoms with Crippen LogP contribution in [0.3, 0.4) is 0 Å². The molecule has 0 atom stereocenters. The molecule has 4 fully saturated rings. The lowest BCUT2D eigenvalue weighted by atomic mass is 9.49. The second kappa shape index (κ2) is 5.26. The first kappa shape index (κ1) is 15.3. The zero-order valence-electron chi connectivity index (χ0n) is 15.0. The molecule has 2 heterocycles. The molecule has 0 saturated heterocycles. The lowest BCUT2D eigenvalue weighted by Crippen LogP contribution is -2.51. The number of rotatable bonds is 3. The van der Waals surface area contributed by atoms with Crippen molar-refractivity contribution in [1.82, 2.24) is 24.5 Å². The van der Waals surface area contributed by atoms with Crippen LogP contribution in [-0.4, -0.2) is 44.0 Å². The standard InChI is InChI=1S/C19H25N5O/c1-12-3-4-20-18-21-16(22-24(12)18)17(25)23(2)11-19-8-13-5-14(9-19)7-15(6-13)10-19/h3-4,13-15H,5-11H2,1-2H3. The summed E-state index contributed by atoms with van der Waals surface area (Å²) in [5.41, 5.74) is 1.27. The van der Waals surface area contributed by atoms with Gasteiger partial charge >= 0.3 is 0 Å². The molecule has 0 aromatic carbocycles. The SMILES string of the molecule is Cc1ccnc2nc(C(=O)N(C)CC34CC5CC(CC(C5)C3)C4)nn12. The van der Waals surface area contributed by atoms with Gasteiger partial charge in [0, 0.05) is 25.5 Å². The Hall–Kier alpha value is -1.98. The molecule has 4 aliphatic carbocycles. The summed E-state index contributed by atoms with van der Waals surface area (Å²) in [6.45, 7) is 2.79. The first-order chi connectivity index (χ1) is 12.0. The Morgan fingerprint density at radius 2 is 1.88 bits per heavy atom. The monoisotopic (exact) mass is 339 g/mol. The molecule has 0 aliphatic heterocycles. The number of nitrogens with zero attached hydrogens (tertiary/aromatic N) is 5. The minimum Gasteiger partial charge on any atom is -0.338 e. The van der Waals surface area contributed by atoms with E-state index in [1.807, 2.05) is 24.9 Å². The van der Waals surface area contributed by atoms with E-state index in [9.17, 15) is 4.79 Å². The second-order valence-corrected chi connectivity index (χ2v) is 8.81. The Morgan fingerprint density at radius 3 is 2.48 bits per heavy atom. The first-order valence-electron chi connectivity index (χ1n) is 9.45. The van der Waals surface area contributed by atoms with E-state index < -0.39 is 0 Å². The normalized spacial score (nSPS) is 33.1. The summed E-state index contributed by atoms with van der Waals surface area (Å²) in [5.74, 6) is 3.36.